The zero-order chi connectivity index (χ0) is 14.7. The highest BCUT2D eigenvalue weighted by Crippen LogP contribution is 2.17. The van der Waals surface area contributed by atoms with Crippen LogP contribution in [0, 0.1) is 0 Å². The second kappa shape index (κ2) is 6.21. The van der Waals surface area contributed by atoms with Crippen LogP contribution in [-0.4, -0.2) is 21.1 Å². The molecule has 108 valence electrons. The summed E-state index contributed by atoms with van der Waals surface area (Å²) >= 11 is 3.23. The van der Waals surface area contributed by atoms with Crippen LogP contribution in [0.4, 0.5) is 13.2 Å². The minimum Gasteiger partial charge on any atom is -0.195 e. The first-order valence-corrected chi connectivity index (χ1v) is 7.46. The van der Waals surface area contributed by atoms with Gasteiger partial charge in [0.15, 0.2) is 0 Å². The van der Waals surface area contributed by atoms with E-state index in [1.165, 1.54) is 11.6 Å². The number of nitrogens with one attached hydrogen (secondary N) is 2. The van der Waals surface area contributed by atoms with Gasteiger partial charge in [0.25, 0.3) is 10.2 Å². The third-order valence-corrected chi connectivity index (χ3v) is 3.88. The van der Waals surface area contributed by atoms with Crippen LogP contribution in [0.1, 0.15) is 18.5 Å². The van der Waals surface area contributed by atoms with E-state index >= 15 is 0 Å². The van der Waals surface area contributed by atoms with Crippen molar-refractivity contribution in [2.45, 2.75) is 19.1 Å². The Hall–Kier alpha value is -0.640. The third kappa shape index (κ3) is 6.37. The first kappa shape index (κ1) is 16.4. The molecule has 1 aromatic carbocycles. The van der Waals surface area contributed by atoms with E-state index in [-0.39, 0.29) is 0 Å². The average Bonchev–Trinajstić information content (AvgIpc) is 2.26. The zero-order valence-corrected chi connectivity index (χ0v) is 12.2. The van der Waals surface area contributed by atoms with Crippen LogP contribution in [0.2, 0.25) is 0 Å². The molecule has 1 atom stereocenters. The first-order chi connectivity index (χ1) is 8.59. The van der Waals surface area contributed by atoms with Gasteiger partial charge in [-0.25, -0.2) is 0 Å². The lowest BCUT2D eigenvalue weighted by molar-refractivity contribution is -0.121. The fraction of sp³-hybridized carbons (Fsp3) is 0.400. The molecule has 0 heterocycles. The molecule has 4 nitrogen and oxygen atoms in total. The smallest absolute Gasteiger partial charge is 0.195 e. The van der Waals surface area contributed by atoms with Gasteiger partial charge in [0, 0.05) is 10.5 Å². The van der Waals surface area contributed by atoms with Crippen LogP contribution in [0.15, 0.2) is 28.7 Å². The Balaban J connectivity index is 2.65. The lowest BCUT2D eigenvalue weighted by atomic mass is 10.1. The van der Waals surface area contributed by atoms with Gasteiger partial charge >= 0.3 is 6.18 Å². The number of alkyl halides is 3. The predicted molar refractivity (Wildman–Crippen MR) is 68.7 cm³/mol. The lowest BCUT2D eigenvalue weighted by Gasteiger charge is -2.16. The SMILES string of the molecule is CC(NS(=O)(=O)NCC(F)(F)F)c1ccc(Br)cc1. The van der Waals surface area contributed by atoms with Gasteiger partial charge in [0.05, 0.1) is 0 Å². The van der Waals surface area contributed by atoms with Gasteiger partial charge in [0.2, 0.25) is 0 Å². The van der Waals surface area contributed by atoms with Crippen molar-refractivity contribution in [3.05, 3.63) is 34.3 Å². The van der Waals surface area contributed by atoms with E-state index < -0.39 is 29.0 Å². The normalized spacial score (nSPS) is 14.4. The second-order valence-corrected chi connectivity index (χ2v) is 6.28. The van der Waals surface area contributed by atoms with E-state index in [0.29, 0.717) is 5.56 Å². The highest BCUT2D eigenvalue weighted by molar-refractivity contribution is 9.10. The molecule has 19 heavy (non-hydrogen) atoms. The van der Waals surface area contributed by atoms with Crippen molar-refractivity contribution < 1.29 is 21.6 Å². The van der Waals surface area contributed by atoms with E-state index in [9.17, 15) is 21.6 Å². The van der Waals surface area contributed by atoms with Crippen molar-refractivity contribution in [3.8, 4) is 0 Å². The van der Waals surface area contributed by atoms with Gasteiger partial charge in [-0.3, -0.25) is 0 Å². The van der Waals surface area contributed by atoms with Crippen LogP contribution in [-0.2, 0) is 10.2 Å². The Kier molecular flexibility index (Phi) is 5.36. The molecule has 1 unspecified atom stereocenters. The Labute approximate surface area is 117 Å². The Morgan fingerprint density at radius 3 is 2.26 bits per heavy atom. The van der Waals surface area contributed by atoms with E-state index in [1.807, 2.05) is 0 Å². The van der Waals surface area contributed by atoms with Crippen LogP contribution >= 0.6 is 15.9 Å². The molecule has 1 aromatic rings. The fourth-order valence-corrected chi connectivity index (χ4v) is 2.57. The second-order valence-electron chi connectivity index (χ2n) is 3.83. The summed E-state index contributed by atoms with van der Waals surface area (Å²) in [4.78, 5) is 0. The van der Waals surface area contributed by atoms with Gasteiger partial charge in [-0.2, -0.15) is 31.0 Å². The van der Waals surface area contributed by atoms with E-state index in [2.05, 4.69) is 20.7 Å². The largest absolute Gasteiger partial charge is 0.402 e. The molecule has 0 radical (unpaired) electrons. The maximum Gasteiger partial charge on any atom is 0.402 e. The Morgan fingerprint density at radius 1 is 1.26 bits per heavy atom. The van der Waals surface area contributed by atoms with Crippen molar-refractivity contribution in [1.82, 2.24) is 9.44 Å². The lowest BCUT2D eigenvalue weighted by Crippen LogP contribution is -2.42. The van der Waals surface area contributed by atoms with Crippen molar-refractivity contribution in [1.29, 1.82) is 0 Å². The summed E-state index contributed by atoms with van der Waals surface area (Å²) in [6.45, 7) is -0.0640. The van der Waals surface area contributed by atoms with Gasteiger partial charge < -0.3 is 0 Å². The monoisotopic (exact) mass is 360 g/mol. The molecule has 0 saturated carbocycles. The zero-order valence-electron chi connectivity index (χ0n) is 9.83. The summed E-state index contributed by atoms with van der Waals surface area (Å²) in [5, 5.41) is 0. The van der Waals surface area contributed by atoms with E-state index in [0.717, 1.165) is 4.47 Å². The molecule has 0 spiro atoms. The van der Waals surface area contributed by atoms with Gasteiger partial charge in [0.1, 0.15) is 6.54 Å². The van der Waals surface area contributed by atoms with Crippen molar-refractivity contribution in [3.63, 3.8) is 0 Å². The summed E-state index contributed by atoms with van der Waals surface area (Å²) in [6.07, 6.45) is -4.59. The van der Waals surface area contributed by atoms with Crippen LogP contribution < -0.4 is 9.44 Å². The fourth-order valence-electron chi connectivity index (χ4n) is 1.27. The third-order valence-electron chi connectivity index (χ3n) is 2.16. The maximum absolute atomic E-state index is 11.9. The van der Waals surface area contributed by atoms with Crippen LogP contribution in [0.3, 0.4) is 0 Å². The number of rotatable bonds is 5. The summed E-state index contributed by atoms with van der Waals surface area (Å²) in [5.74, 6) is 0. The molecule has 0 saturated heterocycles. The maximum atomic E-state index is 11.9. The highest BCUT2D eigenvalue weighted by atomic mass is 79.9. The molecule has 2 N–H and O–H groups in total. The number of hydrogen-bond acceptors (Lipinski definition) is 2. The summed E-state index contributed by atoms with van der Waals surface area (Å²) in [7, 11) is -4.20. The molecule has 0 bridgehead atoms. The molecule has 0 aromatic heterocycles. The summed E-state index contributed by atoms with van der Waals surface area (Å²) < 4.78 is 63.0. The molecule has 0 aliphatic heterocycles. The molecule has 0 amide bonds. The molecule has 1 rings (SSSR count). The van der Waals surface area contributed by atoms with Gasteiger partial charge in [-0.1, -0.05) is 28.1 Å². The predicted octanol–water partition coefficient (Wildman–Crippen LogP) is 2.50. The van der Waals surface area contributed by atoms with Crippen molar-refractivity contribution >= 4 is 26.1 Å². The number of hydrogen-bond donors (Lipinski definition) is 2. The van der Waals surface area contributed by atoms with E-state index in [4.69, 9.17) is 0 Å². The summed E-state index contributed by atoms with van der Waals surface area (Å²) in [5.41, 5.74) is 0.639. The van der Waals surface area contributed by atoms with Crippen molar-refractivity contribution in [2.75, 3.05) is 6.54 Å². The molecule has 9 heteroatoms. The quantitative estimate of drug-likeness (QED) is 0.847. The Morgan fingerprint density at radius 2 is 1.79 bits per heavy atom. The first-order valence-electron chi connectivity index (χ1n) is 5.18. The minimum absolute atomic E-state index is 0.639. The molecule has 0 aliphatic rings. The standard InChI is InChI=1S/C10H12BrF3N2O2S/c1-7(8-2-4-9(11)5-3-8)16-19(17,18)15-6-10(12,13)14/h2-5,7,15-16H,6H2,1H3. The van der Waals surface area contributed by atoms with Crippen LogP contribution in [0.5, 0.6) is 0 Å². The highest BCUT2D eigenvalue weighted by Gasteiger charge is 2.29. The Bertz CT molecular complexity index is 517. The van der Waals surface area contributed by atoms with Crippen LogP contribution in [0.25, 0.3) is 0 Å². The average molecular weight is 361 g/mol. The van der Waals surface area contributed by atoms with Crippen molar-refractivity contribution in [2.24, 2.45) is 0 Å². The van der Waals surface area contributed by atoms with Gasteiger partial charge in [-0.05, 0) is 24.6 Å². The summed E-state index contributed by atoms with van der Waals surface area (Å²) in [6, 6.07) is 6.12. The van der Waals surface area contributed by atoms with E-state index in [1.54, 1.807) is 24.3 Å². The molecular formula is C10H12BrF3N2O2S. The molecular weight excluding hydrogens is 349 g/mol. The molecule has 0 fully saturated rings. The number of benzene rings is 1. The minimum atomic E-state index is -4.59. The topological polar surface area (TPSA) is 58.2 Å². The number of halogens is 4. The molecule has 0 aliphatic carbocycles. The van der Waals surface area contributed by atoms with Gasteiger partial charge in [-0.15, -0.1) is 0 Å².